The minimum Gasteiger partial charge on any atom is -0.665 e. The Kier molecular flexibility index (Phi) is 30.8. The van der Waals surface area contributed by atoms with Gasteiger partial charge in [0.25, 0.3) is 5.69 Å². The van der Waals surface area contributed by atoms with E-state index in [9.17, 15) is 19.7 Å². The number of carbonyl (C=O) groups is 1. The van der Waals surface area contributed by atoms with Crippen LogP contribution in [0.4, 0.5) is 11.4 Å². The molecule has 0 bridgehead atoms. The van der Waals surface area contributed by atoms with Crippen LogP contribution in [0, 0.1) is 10.1 Å². The molecule has 14 heteroatoms. The Bertz CT molecular complexity index is 851. The van der Waals surface area contributed by atoms with Crippen molar-refractivity contribution < 1.29 is 109 Å². The van der Waals surface area contributed by atoms with Crippen LogP contribution in [0.2, 0.25) is 0 Å². The first-order chi connectivity index (χ1) is 16.3. The SMILES string of the molecule is CCC.NCCCC([N-]c1ccc(CO)cc1)NC(=O)CN[C-]=O.O=[N+]([O-])c1ccc(O)cc1.[Fm].[K+].[Y]. The van der Waals surface area contributed by atoms with E-state index < -0.39 is 11.1 Å². The first-order valence-corrected chi connectivity index (χ1v) is 10.7. The van der Waals surface area contributed by atoms with Gasteiger partial charge in [-0.2, -0.15) is 6.41 Å². The van der Waals surface area contributed by atoms with Crippen LogP contribution in [-0.4, -0.2) is 46.7 Å². The van der Waals surface area contributed by atoms with Crippen LogP contribution in [0.15, 0.2) is 48.5 Å². The molecule has 0 aliphatic carbocycles. The van der Waals surface area contributed by atoms with E-state index in [1.165, 1.54) is 37.1 Å². The van der Waals surface area contributed by atoms with Crippen LogP contribution in [0.25, 0.3) is 5.32 Å². The molecule has 2 rings (SSSR count). The zero-order valence-electron chi connectivity index (χ0n) is 21.3. The number of nitrogens with zero attached hydrogens (tertiary/aromatic N) is 2. The largest absolute Gasteiger partial charge is 1.00 e. The van der Waals surface area contributed by atoms with Crippen LogP contribution in [0.5, 0.6) is 5.75 Å². The molecule has 203 valence electrons. The van der Waals surface area contributed by atoms with Crippen molar-refractivity contribution in [1.82, 2.24) is 10.6 Å². The van der Waals surface area contributed by atoms with Gasteiger partial charge in [-0.1, -0.05) is 44.5 Å². The predicted molar refractivity (Wildman–Crippen MR) is 130 cm³/mol. The Hall–Kier alpha value is -1.96. The number of aromatic hydroxyl groups is 1. The molecule has 2 aromatic carbocycles. The molecule has 6 N–H and O–H groups in total. The number of nitrogens with two attached hydrogens (primary N) is 1. The zero-order chi connectivity index (χ0) is 25.8. The summed E-state index contributed by atoms with van der Waals surface area (Å²) in [5.41, 5.74) is 6.95. The van der Waals surface area contributed by atoms with E-state index in [-0.39, 0.29) is 115 Å². The van der Waals surface area contributed by atoms with Crippen molar-refractivity contribution in [2.45, 2.75) is 45.9 Å². The molecule has 1 unspecified atom stereocenters. The van der Waals surface area contributed by atoms with Crippen LogP contribution in [0.3, 0.4) is 0 Å². The summed E-state index contributed by atoms with van der Waals surface area (Å²) in [6, 6.07) is 12.1. The number of phenolic OH excluding ortho intramolecular Hbond substituents is 1. The first kappa shape index (κ1) is 42.1. The number of hydrogen-bond acceptors (Lipinski definition) is 7. The number of aliphatic hydroxyl groups excluding tert-OH is 1. The monoisotopic (exact) mass is 860 g/mol. The molecule has 0 saturated heterocycles. The molecule has 2 aromatic rings. The molecule has 0 heterocycles. The van der Waals surface area contributed by atoms with E-state index in [4.69, 9.17) is 15.9 Å². The van der Waals surface area contributed by atoms with Gasteiger partial charge >= 0.3 is 51.4 Å². The molecular weight excluding hydrogens is 827 g/mol. The third-order valence-corrected chi connectivity index (χ3v) is 3.81. The van der Waals surface area contributed by atoms with E-state index in [2.05, 4.69) is 29.8 Å². The maximum absolute atomic E-state index is 11.6. The van der Waals surface area contributed by atoms with Crippen LogP contribution in [0.1, 0.15) is 38.7 Å². The van der Waals surface area contributed by atoms with E-state index in [1.54, 1.807) is 24.3 Å². The number of aliphatic hydroxyl groups is 1. The van der Waals surface area contributed by atoms with Gasteiger partial charge in [0.15, 0.2) is 0 Å². The fourth-order valence-corrected chi connectivity index (χ4v) is 2.28. The van der Waals surface area contributed by atoms with Crippen molar-refractivity contribution in [2.75, 3.05) is 13.1 Å². The summed E-state index contributed by atoms with van der Waals surface area (Å²) in [4.78, 5) is 31.2. The van der Waals surface area contributed by atoms with Gasteiger partial charge in [-0.3, -0.25) is 14.9 Å². The Balaban J connectivity index is -0.000000287. The molecule has 0 fully saturated rings. The number of nitro groups is 1. The third kappa shape index (κ3) is 21.8. The van der Waals surface area contributed by atoms with Gasteiger partial charge in [-0.05, 0) is 43.2 Å². The summed E-state index contributed by atoms with van der Waals surface area (Å²) < 4.78 is 0. The summed E-state index contributed by atoms with van der Waals surface area (Å²) in [5, 5.41) is 37.1. The Morgan fingerprint density at radius 2 is 1.70 bits per heavy atom. The van der Waals surface area contributed by atoms with Crippen LogP contribution in [-0.2, 0) is 48.9 Å². The van der Waals surface area contributed by atoms with Gasteiger partial charge in [0.05, 0.1) is 18.1 Å². The molecule has 1 radical (unpaired) electrons. The maximum Gasteiger partial charge on any atom is 1.00 e. The topological polar surface area (TPSA) is 182 Å². The molecule has 11 nitrogen and oxygen atoms in total. The Labute approximate surface area is 279 Å². The minimum atomic E-state index is -0.514. The number of nitro benzene ring substituents is 1. The number of phenols is 1. The van der Waals surface area contributed by atoms with Crippen LogP contribution < -0.4 is 67.8 Å². The Morgan fingerprint density at radius 3 is 2.14 bits per heavy atom. The average Bonchev–Trinajstić information content (AvgIpc) is 2.83. The predicted octanol–water partition coefficient (Wildman–Crippen LogP) is -0.260. The standard InChI is InChI=1S/C14H20N4O3.C6H5NO3.C3H8.Fm.K.Y/c15-7-1-2-13(18-14(21)8-16-10-20)17-12-5-3-11(9-19)4-6-12;8-6-3-1-5(2-4-6)7(9)10;1-3-2;;;/h3-6,13,19H,1-2,7-9,15H2,(H,16,20)(H,18,21);1-4,8H;3H2,1-2H3;;;/q-2;;;;+1;. The molecule has 0 aliphatic heterocycles. The number of carbonyl (C=O) groups excluding carboxylic acids is 2. The molecule has 37 heavy (non-hydrogen) atoms. The van der Waals surface area contributed by atoms with E-state index in [0.717, 1.165) is 12.0 Å². The number of rotatable bonds is 11. The second-order valence-electron chi connectivity index (χ2n) is 6.90. The van der Waals surface area contributed by atoms with Crippen molar-refractivity contribution in [2.24, 2.45) is 5.73 Å². The average molecular weight is 861 g/mol. The van der Waals surface area contributed by atoms with Crippen molar-refractivity contribution >= 4 is 23.7 Å². The number of benzene rings is 2. The van der Waals surface area contributed by atoms with Crippen LogP contribution >= 0.6 is 0 Å². The quantitative estimate of drug-likeness (QED) is 0.0679. The fraction of sp³-hybridized carbons (Fsp3) is 0.391. The number of nitrogens with one attached hydrogen (secondary N) is 2. The molecule has 0 aliphatic rings. The number of amides is 2. The number of non-ortho nitro benzene ring substituents is 1. The fourth-order valence-electron chi connectivity index (χ4n) is 2.28. The Morgan fingerprint density at radius 1 is 1.16 bits per heavy atom. The van der Waals surface area contributed by atoms with E-state index >= 15 is 0 Å². The van der Waals surface area contributed by atoms with Gasteiger partial charge in [-0.25, -0.2) is 0 Å². The van der Waals surface area contributed by atoms with E-state index in [0.29, 0.717) is 18.7 Å². The second-order valence-corrected chi connectivity index (χ2v) is 6.90. The third-order valence-electron chi connectivity index (χ3n) is 3.81. The minimum absolute atomic E-state index is 0. The smallest absolute Gasteiger partial charge is 0.665 e. The van der Waals surface area contributed by atoms with Gasteiger partial charge in [0.1, 0.15) is 5.75 Å². The van der Waals surface area contributed by atoms with E-state index in [1.807, 2.05) is 0 Å². The summed E-state index contributed by atoms with van der Waals surface area (Å²) >= 11 is 0. The first-order valence-electron chi connectivity index (χ1n) is 10.7. The molecule has 0 spiro atoms. The molecular formula is C23H33FmKN5O6Y-. The summed E-state index contributed by atoms with van der Waals surface area (Å²) in [6.07, 6.45) is 3.61. The maximum atomic E-state index is 11.6. The summed E-state index contributed by atoms with van der Waals surface area (Å²) in [7, 11) is 0. The molecule has 1 atom stereocenters. The molecule has 2 amide bonds. The normalized spacial score (nSPS) is 9.51. The van der Waals surface area contributed by atoms with Crippen molar-refractivity contribution in [3.8, 4) is 5.75 Å². The van der Waals surface area contributed by atoms with Gasteiger partial charge < -0.3 is 36.7 Å². The van der Waals surface area contributed by atoms with Gasteiger partial charge in [-0.15, -0.1) is 5.69 Å². The van der Waals surface area contributed by atoms with Crippen molar-refractivity contribution in [3.05, 3.63) is 69.5 Å². The molecule has 0 aromatic heterocycles. The van der Waals surface area contributed by atoms with Gasteiger partial charge in [0, 0.05) is 44.8 Å². The summed E-state index contributed by atoms with van der Waals surface area (Å²) in [5.74, 6) is -0.304. The van der Waals surface area contributed by atoms with Crippen molar-refractivity contribution in [1.29, 1.82) is 0 Å². The van der Waals surface area contributed by atoms with Gasteiger partial charge in [0.2, 0.25) is 5.91 Å². The number of hydrogen-bond donors (Lipinski definition) is 5. The van der Waals surface area contributed by atoms with Crippen molar-refractivity contribution in [3.63, 3.8) is 0 Å². The second kappa shape index (κ2) is 27.1. The molecule has 0 saturated carbocycles. The zero-order valence-corrected chi connectivity index (χ0v) is 29.7. The summed E-state index contributed by atoms with van der Waals surface area (Å²) in [6.45, 7) is 4.59.